The quantitative estimate of drug-likeness (QED) is 0.172. The summed E-state index contributed by atoms with van der Waals surface area (Å²) >= 11 is 15.8. The lowest BCUT2D eigenvalue weighted by Gasteiger charge is -2.28. The fourth-order valence-corrected chi connectivity index (χ4v) is 8.58. The van der Waals surface area contributed by atoms with Gasteiger partial charge in [0.1, 0.15) is 4.70 Å². The molecular formula is C26H29Cl2N2O6S4-. The highest BCUT2D eigenvalue weighted by Gasteiger charge is 2.36. The minimum absolute atomic E-state index is 0.0150. The molecule has 0 N–H and O–H groups in total. The van der Waals surface area contributed by atoms with Gasteiger partial charge in [-0.3, -0.25) is 0 Å². The highest BCUT2D eigenvalue weighted by atomic mass is 35.5. The Morgan fingerprint density at radius 1 is 1.10 bits per heavy atom. The number of allylic oxidation sites excluding steroid dienone is 4. The maximum atomic E-state index is 11.2. The second kappa shape index (κ2) is 13.3. The minimum Gasteiger partial charge on any atom is -0.748 e. The first-order valence-corrected chi connectivity index (χ1v) is 18.3. The van der Waals surface area contributed by atoms with E-state index in [1.54, 1.807) is 23.1 Å². The molecule has 0 spiro atoms. The van der Waals surface area contributed by atoms with E-state index >= 15 is 0 Å². The van der Waals surface area contributed by atoms with Gasteiger partial charge in [0.25, 0.3) is 5.01 Å². The van der Waals surface area contributed by atoms with Gasteiger partial charge in [-0.05, 0) is 55.2 Å². The Hall–Kier alpha value is -1.38. The van der Waals surface area contributed by atoms with Gasteiger partial charge in [-0.25, -0.2) is 16.8 Å². The summed E-state index contributed by atoms with van der Waals surface area (Å²) in [5.41, 5.74) is 1.91. The Morgan fingerprint density at radius 3 is 2.52 bits per heavy atom. The third kappa shape index (κ3) is 8.57. The van der Waals surface area contributed by atoms with Crippen LogP contribution < -0.4 is 4.57 Å². The van der Waals surface area contributed by atoms with Crippen molar-refractivity contribution in [1.29, 1.82) is 0 Å². The van der Waals surface area contributed by atoms with E-state index in [0.29, 0.717) is 29.6 Å². The molecule has 2 aliphatic rings. The van der Waals surface area contributed by atoms with Gasteiger partial charge >= 0.3 is 0 Å². The van der Waals surface area contributed by atoms with Crippen molar-refractivity contribution in [3.05, 3.63) is 68.2 Å². The highest BCUT2D eigenvalue weighted by molar-refractivity contribution is 8.04. The van der Waals surface area contributed by atoms with Gasteiger partial charge in [0.05, 0.1) is 36.6 Å². The number of halogens is 2. The summed E-state index contributed by atoms with van der Waals surface area (Å²) in [6.07, 6.45) is 11.9. The molecule has 1 saturated heterocycles. The molecule has 0 saturated carbocycles. The van der Waals surface area contributed by atoms with E-state index in [4.69, 9.17) is 23.2 Å². The van der Waals surface area contributed by atoms with Gasteiger partial charge in [-0.1, -0.05) is 59.3 Å². The number of hydrogen-bond acceptors (Lipinski definition) is 9. The largest absolute Gasteiger partial charge is 0.748 e. The number of aromatic nitrogens is 1. The predicted octanol–water partition coefficient (Wildman–Crippen LogP) is 5.22. The number of rotatable bonds is 12. The lowest BCUT2D eigenvalue weighted by atomic mass is 10.1. The Kier molecular flexibility index (Phi) is 10.5. The maximum Gasteiger partial charge on any atom is 0.263 e. The molecule has 14 heteroatoms. The molecule has 0 radical (unpaired) electrons. The van der Waals surface area contributed by atoms with E-state index < -0.39 is 26.0 Å². The topological polar surface area (TPSA) is 122 Å². The van der Waals surface area contributed by atoms with Gasteiger partial charge in [0.2, 0.25) is 5.52 Å². The lowest BCUT2D eigenvalue weighted by Crippen LogP contribution is -2.36. The molecule has 2 aromatic rings. The molecule has 40 heavy (non-hydrogen) atoms. The second-order valence-electron chi connectivity index (χ2n) is 9.52. The van der Waals surface area contributed by atoms with Crippen LogP contribution in [0, 0.1) is 0 Å². The number of hydrogen-bond donors (Lipinski definition) is 0. The summed E-state index contributed by atoms with van der Waals surface area (Å²) in [5.74, 6) is -0.835. The normalized spacial score (nSPS) is 20.9. The first kappa shape index (κ1) is 31.6. The van der Waals surface area contributed by atoms with E-state index in [9.17, 15) is 25.9 Å². The average Bonchev–Trinajstić information content (AvgIpc) is 3.36. The number of unbranched alkanes of at least 4 members (excludes halogenated alkanes) is 1. The molecule has 1 aromatic heterocycles. The summed E-state index contributed by atoms with van der Waals surface area (Å²) in [7, 11) is -8.58. The maximum absolute atomic E-state index is 11.2. The summed E-state index contributed by atoms with van der Waals surface area (Å²) in [6.45, 7) is 2.98. The van der Waals surface area contributed by atoms with Crippen molar-refractivity contribution in [1.82, 2.24) is 4.90 Å². The molecule has 2 heterocycles. The van der Waals surface area contributed by atoms with Crippen LogP contribution in [0.1, 0.15) is 37.6 Å². The fraction of sp³-hybridized carbons (Fsp3) is 0.423. The van der Waals surface area contributed by atoms with Gasteiger partial charge in [-0.15, -0.1) is 0 Å². The Balaban J connectivity index is 1.66. The number of thiazole rings is 1. The summed E-state index contributed by atoms with van der Waals surface area (Å²) in [5, 5.41) is 3.29. The fourth-order valence-electron chi connectivity index (χ4n) is 4.66. The van der Waals surface area contributed by atoms with Crippen molar-refractivity contribution in [2.75, 3.05) is 18.1 Å². The van der Waals surface area contributed by atoms with Crippen LogP contribution in [0.15, 0.2) is 58.1 Å². The molecule has 1 aromatic carbocycles. The van der Waals surface area contributed by atoms with Gasteiger partial charge in [-0.2, -0.15) is 4.57 Å². The zero-order chi connectivity index (χ0) is 29.1. The Bertz CT molecular complexity index is 1600. The van der Waals surface area contributed by atoms with Crippen LogP contribution >= 0.6 is 46.3 Å². The molecule has 4 rings (SSSR count). The molecule has 2 atom stereocenters. The molecule has 218 valence electrons. The van der Waals surface area contributed by atoms with Crippen LogP contribution in [0.3, 0.4) is 0 Å². The zero-order valence-electron chi connectivity index (χ0n) is 21.7. The van der Waals surface area contributed by atoms with E-state index in [2.05, 4.69) is 23.1 Å². The number of thioether (sulfide) groups is 1. The van der Waals surface area contributed by atoms with Crippen molar-refractivity contribution >= 4 is 82.8 Å². The van der Waals surface area contributed by atoms with Crippen molar-refractivity contribution in [2.45, 2.75) is 50.4 Å². The van der Waals surface area contributed by atoms with Crippen LogP contribution in [0.5, 0.6) is 0 Å². The van der Waals surface area contributed by atoms with Crippen molar-refractivity contribution < 1.29 is 30.5 Å². The van der Waals surface area contributed by atoms with Crippen molar-refractivity contribution in [3.63, 3.8) is 0 Å². The number of benzene rings is 1. The van der Waals surface area contributed by atoms with Crippen molar-refractivity contribution in [3.8, 4) is 0 Å². The predicted molar refractivity (Wildman–Crippen MR) is 161 cm³/mol. The molecule has 0 bridgehead atoms. The summed E-state index contributed by atoms with van der Waals surface area (Å²) < 4.78 is 69.8. The zero-order valence-corrected chi connectivity index (χ0v) is 26.4. The summed E-state index contributed by atoms with van der Waals surface area (Å²) in [4.78, 5) is 2.21. The number of fused-ring (bicyclic) bond motifs is 2. The van der Waals surface area contributed by atoms with Gasteiger partial charge in [0.15, 0.2) is 6.54 Å². The lowest BCUT2D eigenvalue weighted by molar-refractivity contribution is -0.668. The Labute approximate surface area is 253 Å². The smallest absolute Gasteiger partial charge is 0.263 e. The molecule has 1 aliphatic heterocycles. The second-order valence-corrected chi connectivity index (χ2v) is 15.7. The number of aryl methyl sites for hydroxylation is 1. The third-order valence-corrected chi connectivity index (χ3v) is 11.0. The van der Waals surface area contributed by atoms with E-state index in [-0.39, 0.29) is 29.9 Å². The van der Waals surface area contributed by atoms with E-state index in [0.717, 1.165) is 32.2 Å². The molecular weight excluding hydrogens is 635 g/mol. The molecule has 1 aliphatic carbocycles. The monoisotopic (exact) mass is 663 g/mol. The van der Waals surface area contributed by atoms with Crippen LogP contribution in [-0.4, -0.2) is 60.2 Å². The Morgan fingerprint density at radius 2 is 1.82 bits per heavy atom. The van der Waals surface area contributed by atoms with Crippen LogP contribution in [-0.2, 0) is 26.8 Å². The first-order valence-electron chi connectivity index (χ1n) is 12.7. The van der Waals surface area contributed by atoms with E-state index in [1.165, 1.54) is 0 Å². The standard InChI is InChI=1S/C26H30Cl2N2O6S4/c1-2-18(15-26-30(11-5-13-40(34,35)36)22-17-20(28)7-9-24(22)38-26)14-25-29(10-3-4-12-39(31,32)33)21-16-19(27)6-8-23(21)37-25/h6-9,14-17,21,23H,2-5,10-13H2,1H3,(H-,31,32,33,34,35,36)/p-1. The molecule has 0 amide bonds. The molecule has 8 nitrogen and oxygen atoms in total. The first-order chi connectivity index (χ1) is 18.8. The number of nitrogens with zero attached hydrogens (tertiary/aromatic N) is 2. The van der Waals surface area contributed by atoms with Gasteiger partial charge in [0, 0.05) is 46.7 Å². The SMILES string of the molecule is CCC(/C=C1\SC2C=CC(Cl)=CC2N1CCCCS(=O)(=O)[O-])=C\c1sc2ccc(Cl)cc2[n+]1CCCS(=O)(=O)[O-]. The van der Waals surface area contributed by atoms with Gasteiger partial charge < -0.3 is 14.0 Å². The highest BCUT2D eigenvalue weighted by Crippen LogP contribution is 2.43. The van der Waals surface area contributed by atoms with Crippen LogP contribution in [0.4, 0.5) is 0 Å². The minimum atomic E-state index is -4.32. The van der Waals surface area contributed by atoms with Crippen molar-refractivity contribution in [2.24, 2.45) is 0 Å². The van der Waals surface area contributed by atoms with Crippen LogP contribution in [0.25, 0.3) is 16.3 Å². The average molecular weight is 665 g/mol. The van der Waals surface area contributed by atoms with E-state index in [1.807, 2.05) is 41.8 Å². The molecule has 1 fully saturated rings. The molecule has 2 unspecified atom stereocenters. The summed E-state index contributed by atoms with van der Waals surface area (Å²) in [6, 6.07) is 5.59. The third-order valence-electron chi connectivity index (χ3n) is 6.55. The van der Waals surface area contributed by atoms with Crippen LogP contribution in [0.2, 0.25) is 5.02 Å².